The highest BCUT2D eigenvalue weighted by Gasteiger charge is 2.10. The molecule has 0 fully saturated rings. The van der Waals surface area contributed by atoms with Gasteiger partial charge < -0.3 is 10.5 Å². The van der Waals surface area contributed by atoms with Gasteiger partial charge in [0.05, 0.1) is 7.11 Å². The molecule has 0 saturated carbocycles. The Morgan fingerprint density at radius 2 is 2.12 bits per heavy atom. The standard InChI is InChI=1S/C12H16N4O/c1-9-14-12(7-8-13)15-16(9)10-5-3-4-6-11(10)17-2/h3-6H,7-8,13H2,1-2H3. The molecule has 1 aromatic carbocycles. The molecule has 0 bridgehead atoms. The summed E-state index contributed by atoms with van der Waals surface area (Å²) in [6, 6.07) is 7.72. The number of nitrogens with two attached hydrogens (primary N) is 1. The van der Waals surface area contributed by atoms with Crippen LogP contribution in [0.4, 0.5) is 0 Å². The molecule has 90 valence electrons. The van der Waals surface area contributed by atoms with E-state index in [0.29, 0.717) is 13.0 Å². The zero-order chi connectivity index (χ0) is 12.3. The van der Waals surface area contributed by atoms with Gasteiger partial charge in [-0.1, -0.05) is 12.1 Å². The van der Waals surface area contributed by atoms with Crippen LogP contribution in [0.2, 0.25) is 0 Å². The van der Waals surface area contributed by atoms with E-state index in [1.807, 2.05) is 31.2 Å². The first-order valence-corrected chi connectivity index (χ1v) is 5.52. The number of ether oxygens (including phenoxy) is 1. The van der Waals surface area contributed by atoms with E-state index in [0.717, 1.165) is 23.1 Å². The third-order valence-corrected chi connectivity index (χ3v) is 2.49. The Bertz CT molecular complexity index is 507. The minimum Gasteiger partial charge on any atom is -0.494 e. The second-order valence-electron chi connectivity index (χ2n) is 3.70. The molecule has 0 spiro atoms. The fourth-order valence-corrected chi connectivity index (χ4v) is 1.71. The van der Waals surface area contributed by atoms with Gasteiger partial charge in [-0.2, -0.15) is 5.10 Å². The number of benzene rings is 1. The lowest BCUT2D eigenvalue weighted by Crippen LogP contribution is -2.05. The maximum absolute atomic E-state index is 5.50. The lowest BCUT2D eigenvalue weighted by atomic mass is 10.3. The van der Waals surface area contributed by atoms with Crippen LogP contribution in [-0.2, 0) is 6.42 Å². The molecule has 0 saturated heterocycles. The summed E-state index contributed by atoms with van der Waals surface area (Å²) in [5.41, 5.74) is 6.39. The van der Waals surface area contributed by atoms with Crippen LogP contribution >= 0.6 is 0 Å². The molecule has 2 aromatic rings. The molecule has 0 amide bonds. The summed E-state index contributed by atoms with van der Waals surface area (Å²) >= 11 is 0. The first kappa shape index (κ1) is 11.6. The molecule has 0 radical (unpaired) electrons. The number of hydrogen-bond acceptors (Lipinski definition) is 4. The molecule has 5 nitrogen and oxygen atoms in total. The van der Waals surface area contributed by atoms with Crippen molar-refractivity contribution in [3.63, 3.8) is 0 Å². The summed E-state index contributed by atoms with van der Waals surface area (Å²) in [6.07, 6.45) is 0.684. The van der Waals surface area contributed by atoms with Crippen molar-refractivity contribution in [3.8, 4) is 11.4 Å². The van der Waals surface area contributed by atoms with Crippen LogP contribution in [0.5, 0.6) is 5.75 Å². The SMILES string of the molecule is COc1ccccc1-n1nc(CCN)nc1C. The summed E-state index contributed by atoms with van der Waals surface area (Å²) < 4.78 is 7.09. The third kappa shape index (κ3) is 2.29. The highest BCUT2D eigenvalue weighted by atomic mass is 16.5. The minimum atomic E-state index is 0.551. The smallest absolute Gasteiger partial charge is 0.152 e. The van der Waals surface area contributed by atoms with Crippen LogP contribution in [-0.4, -0.2) is 28.4 Å². The van der Waals surface area contributed by atoms with Crippen molar-refractivity contribution >= 4 is 0 Å². The van der Waals surface area contributed by atoms with E-state index in [1.165, 1.54) is 0 Å². The molecule has 2 rings (SSSR count). The average Bonchev–Trinajstić information content (AvgIpc) is 2.70. The highest BCUT2D eigenvalue weighted by molar-refractivity contribution is 5.46. The maximum atomic E-state index is 5.50. The molecule has 0 aliphatic heterocycles. The van der Waals surface area contributed by atoms with Crippen molar-refractivity contribution in [3.05, 3.63) is 35.9 Å². The average molecular weight is 232 g/mol. The van der Waals surface area contributed by atoms with E-state index < -0.39 is 0 Å². The Hall–Kier alpha value is -1.88. The summed E-state index contributed by atoms with van der Waals surface area (Å²) in [5.74, 6) is 2.37. The van der Waals surface area contributed by atoms with Gasteiger partial charge in [-0.25, -0.2) is 9.67 Å². The van der Waals surface area contributed by atoms with Crippen molar-refractivity contribution in [2.45, 2.75) is 13.3 Å². The Labute approximate surface area is 100 Å². The van der Waals surface area contributed by atoms with Crippen LogP contribution in [0.15, 0.2) is 24.3 Å². The van der Waals surface area contributed by atoms with Gasteiger partial charge in [-0.05, 0) is 25.6 Å². The molecule has 5 heteroatoms. The monoisotopic (exact) mass is 232 g/mol. The summed E-state index contributed by atoms with van der Waals surface area (Å²) in [5, 5.41) is 4.42. The molecule has 1 aromatic heterocycles. The van der Waals surface area contributed by atoms with E-state index >= 15 is 0 Å². The summed E-state index contributed by atoms with van der Waals surface area (Å²) in [4.78, 5) is 4.37. The predicted octanol–water partition coefficient (Wildman–Crippen LogP) is 1.09. The Kier molecular flexibility index (Phi) is 3.39. The van der Waals surface area contributed by atoms with Crippen LogP contribution < -0.4 is 10.5 Å². The van der Waals surface area contributed by atoms with E-state index in [1.54, 1.807) is 11.8 Å². The third-order valence-electron chi connectivity index (χ3n) is 2.49. The van der Waals surface area contributed by atoms with Crippen molar-refractivity contribution < 1.29 is 4.74 Å². The molecule has 17 heavy (non-hydrogen) atoms. The Morgan fingerprint density at radius 3 is 2.82 bits per heavy atom. The molecular weight excluding hydrogens is 216 g/mol. The summed E-state index contributed by atoms with van der Waals surface area (Å²) in [6.45, 7) is 2.47. The van der Waals surface area contributed by atoms with Crippen LogP contribution in [0.25, 0.3) is 5.69 Å². The second kappa shape index (κ2) is 4.97. The van der Waals surface area contributed by atoms with Gasteiger partial charge in [0, 0.05) is 6.42 Å². The molecule has 0 atom stereocenters. The van der Waals surface area contributed by atoms with E-state index in [-0.39, 0.29) is 0 Å². The van der Waals surface area contributed by atoms with Crippen LogP contribution in [0, 0.1) is 6.92 Å². The van der Waals surface area contributed by atoms with E-state index in [9.17, 15) is 0 Å². The largest absolute Gasteiger partial charge is 0.494 e. The van der Waals surface area contributed by atoms with Gasteiger partial charge in [-0.3, -0.25) is 0 Å². The van der Waals surface area contributed by atoms with Crippen molar-refractivity contribution in [2.75, 3.05) is 13.7 Å². The fraction of sp³-hybridized carbons (Fsp3) is 0.333. The topological polar surface area (TPSA) is 66.0 Å². The number of hydrogen-bond donors (Lipinski definition) is 1. The number of nitrogens with zero attached hydrogens (tertiary/aromatic N) is 3. The normalized spacial score (nSPS) is 10.5. The van der Waals surface area contributed by atoms with Crippen molar-refractivity contribution in [2.24, 2.45) is 5.73 Å². The highest BCUT2D eigenvalue weighted by Crippen LogP contribution is 2.22. The van der Waals surface area contributed by atoms with Gasteiger partial charge in [0.1, 0.15) is 17.3 Å². The second-order valence-corrected chi connectivity index (χ2v) is 3.70. The number of rotatable bonds is 4. The van der Waals surface area contributed by atoms with Crippen LogP contribution in [0.3, 0.4) is 0 Å². The molecular formula is C12H16N4O. The molecule has 0 aliphatic rings. The van der Waals surface area contributed by atoms with Gasteiger partial charge in [-0.15, -0.1) is 0 Å². The minimum absolute atomic E-state index is 0.551. The van der Waals surface area contributed by atoms with Gasteiger partial charge >= 0.3 is 0 Å². The molecule has 2 N–H and O–H groups in total. The fourth-order valence-electron chi connectivity index (χ4n) is 1.71. The first-order chi connectivity index (χ1) is 8.26. The lowest BCUT2D eigenvalue weighted by molar-refractivity contribution is 0.411. The number of methoxy groups -OCH3 is 1. The van der Waals surface area contributed by atoms with Crippen molar-refractivity contribution in [1.29, 1.82) is 0 Å². The van der Waals surface area contributed by atoms with Gasteiger partial charge in [0.15, 0.2) is 5.82 Å². The molecule has 0 aliphatic carbocycles. The summed E-state index contributed by atoms with van der Waals surface area (Å²) in [7, 11) is 1.64. The molecule has 0 unspecified atom stereocenters. The van der Waals surface area contributed by atoms with Crippen molar-refractivity contribution in [1.82, 2.24) is 14.8 Å². The molecule has 1 heterocycles. The van der Waals surface area contributed by atoms with E-state index in [2.05, 4.69) is 10.1 Å². The number of aromatic nitrogens is 3. The zero-order valence-electron chi connectivity index (χ0n) is 10.1. The lowest BCUT2D eigenvalue weighted by Gasteiger charge is -2.08. The number of para-hydroxylation sites is 2. The predicted molar refractivity (Wildman–Crippen MR) is 65.4 cm³/mol. The quantitative estimate of drug-likeness (QED) is 0.856. The number of aryl methyl sites for hydroxylation is 1. The Morgan fingerprint density at radius 1 is 1.35 bits per heavy atom. The van der Waals surface area contributed by atoms with Gasteiger partial charge in [0.2, 0.25) is 0 Å². The van der Waals surface area contributed by atoms with Crippen LogP contribution in [0.1, 0.15) is 11.6 Å². The van der Waals surface area contributed by atoms with E-state index in [4.69, 9.17) is 10.5 Å². The Balaban J connectivity index is 2.45. The zero-order valence-corrected chi connectivity index (χ0v) is 10.1. The maximum Gasteiger partial charge on any atom is 0.152 e. The van der Waals surface area contributed by atoms with Gasteiger partial charge in [0.25, 0.3) is 0 Å². The first-order valence-electron chi connectivity index (χ1n) is 5.52.